The third-order valence-corrected chi connectivity index (χ3v) is 5.51. The number of fused-ring (bicyclic) bond motifs is 2. The Bertz CT molecular complexity index is 1120. The molecule has 2 aromatic carbocycles. The Kier molecular flexibility index (Phi) is 4.04. The SMILES string of the molecule is Cc1nc2n(n1)[C@H](c1cc(F)cc(F)c1)[C@H]1C(=O)C[C@H](c3ccccc3)C=C1N2. The van der Waals surface area contributed by atoms with E-state index < -0.39 is 23.6 Å². The van der Waals surface area contributed by atoms with Gasteiger partial charge in [0, 0.05) is 24.1 Å². The van der Waals surface area contributed by atoms with Gasteiger partial charge < -0.3 is 5.32 Å². The number of carbonyl (C=O) groups excluding carboxylic acids is 1. The molecule has 1 aromatic heterocycles. The standard InChI is InChI=1S/C22H18F2N4O/c1-12-25-22-26-18-9-14(13-5-3-2-4-6-13)10-19(29)20(18)21(28(22)27-12)15-7-16(23)11-17(24)8-15/h2-9,11,14,20-21H,10H2,1H3,(H,25,26,27)/t14-,20-,21-/m1/s1. The lowest BCUT2D eigenvalue weighted by Gasteiger charge is -2.38. The van der Waals surface area contributed by atoms with Crippen LogP contribution in [0.15, 0.2) is 60.3 Å². The van der Waals surface area contributed by atoms with Gasteiger partial charge in [0.15, 0.2) is 0 Å². The molecule has 0 bridgehead atoms. The molecular weight excluding hydrogens is 374 g/mol. The van der Waals surface area contributed by atoms with Gasteiger partial charge in [0.2, 0.25) is 5.95 Å². The zero-order chi connectivity index (χ0) is 20.1. The van der Waals surface area contributed by atoms with Crippen molar-refractivity contribution in [3.8, 4) is 0 Å². The van der Waals surface area contributed by atoms with Gasteiger partial charge in [-0.15, -0.1) is 0 Å². The molecule has 1 aliphatic carbocycles. The molecular formula is C22H18F2N4O. The van der Waals surface area contributed by atoms with Crippen molar-refractivity contribution in [2.24, 2.45) is 5.92 Å². The number of nitrogens with one attached hydrogen (secondary N) is 1. The second-order valence-electron chi connectivity index (χ2n) is 7.49. The molecule has 7 heteroatoms. The zero-order valence-electron chi connectivity index (χ0n) is 15.6. The van der Waals surface area contributed by atoms with Crippen LogP contribution in [0.3, 0.4) is 0 Å². The van der Waals surface area contributed by atoms with Crippen LogP contribution in [-0.2, 0) is 4.79 Å². The van der Waals surface area contributed by atoms with Crippen molar-refractivity contribution in [3.05, 3.63) is 88.9 Å². The number of benzene rings is 2. The molecule has 3 aromatic rings. The van der Waals surface area contributed by atoms with E-state index in [4.69, 9.17) is 0 Å². The van der Waals surface area contributed by atoms with Gasteiger partial charge in [-0.05, 0) is 30.2 Å². The molecule has 0 saturated carbocycles. The molecule has 2 heterocycles. The molecule has 5 rings (SSSR count). The summed E-state index contributed by atoms with van der Waals surface area (Å²) in [6.07, 6.45) is 2.34. The lowest BCUT2D eigenvalue weighted by molar-refractivity contribution is -0.123. The Labute approximate surface area is 166 Å². The van der Waals surface area contributed by atoms with Crippen LogP contribution >= 0.6 is 0 Å². The molecule has 3 atom stereocenters. The van der Waals surface area contributed by atoms with E-state index in [1.54, 1.807) is 11.6 Å². The summed E-state index contributed by atoms with van der Waals surface area (Å²) in [5, 5.41) is 7.61. The third-order valence-electron chi connectivity index (χ3n) is 5.51. The molecule has 5 nitrogen and oxygen atoms in total. The number of nitrogens with zero attached hydrogens (tertiary/aromatic N) is 3. The van der Waals surface area contributed by atoms with Crippen LogP contribution < -0.4 is 5.32 Å². The highest BCUT2D eigenvalue weighted by molar-refractivity contribution is 5.88. The number of carbonyl (C=O) groups is 1. The van der Waals surface area contributed by atoms with Crippen molar-refractivity contribution < 1.29 is 13.6 Å². The number of allylic oxidation sites excluding steroid dienone is 2. The normalized spacial score (nSPS) is 23.1. The minimum absolute atomic E-state index is 0.00248. The Hall–Kier alpha value is -3.35. The van der Waals surface area contributed by atoms with Crippen LogP contribution in [0.2, 0.25) is 0 Å². The second-order valence-corrected chi connectivity index (χ2v) is 7.49. The monoisotopic (exact) mass is 392 g/mol. The maximum Gasteiger partial charge on any atom is 0.226 e. The number of anilines is 1. The van der Waals surface area contributed by atoms with Crippen LogP contribution in [0.1, 0.15) is 35.3 Å². The molecule has 0 saturated heterocycles. The molecule has 1 N–H and O–H groups in total. The smallest absolute Gasteiger partial charge is 0.226 e. The fourth-order valence-electron chi connectivity index (χ4n) is 4.34. The summed E-state index contributed by atoms with van der Waals surface area (Å²) in [5.41, 5.74) is 2.10. The predicted molar refractivity (Wildman–Crippen MR) is 103 cm³/mol. The fraction of sp³-hybridized carbons (Fsp3) is 0.227. The van der Waals surface area contributed by atoms with Crippen LogP contribution in [0.25, 0.3) is 0 Å². The van der Waals surface area contributed by atoms with Crippen molar-refractivity contribution >= 4 is 11.7 Å². The Morgan fingerprint density at radius 3 is 2.52 bits per heavy atom. The molecule has 0 spiro atoms. The Morgan fingerprint density at radius 2 is 1.79 bits per heavy atom. The van der Waals surface area contributed by atoms with E-state index in [9.17, 15) is 13.6 Å². The largest absolute Gasteiger partial charge is 0.328 e. The van der Waals surface area contributed by atoms with Crippen molar-refractivity contribution in [1.29, 1.82) is 0 Å². The van der Waals surface area contributed by atoms with Crippen LogP contribution in [-0.4, -0.2) is 20.5 Å². The first kappa shape index (κ1) is 17.7. The average molecular weight is 392 g/mol. The minimum atomic E-state index is -0.687. The van der Waals surface area contributed by atoms with Crippen molar-refractivity contribution in [2.75, 3.05) is 5.32 Å². The highest BCUT2D eigenvalue weighted by atomic mass is 19.1. The summed E-state index contributed by atoms with van der Waals surface area (Å²) < 4.78 is 29.5. The average Bonchev–Trinajstić information content (AvgIpc) is 3.05. The van der Waals surface area contributed by atoms with Gasteiger partial charge in [0.05, 0.1) is 12.0 Å². The highest BCUT2D eigenvalue weighted by Crippen LogP contribution is 2.44. The molecule has 0 radical (unpaired) electrons. The van der Waals surface area contributed by atoms with Crippen molar-refractivity contribution in [2.45, 2.75) is 25.3 Å². The van der Waals surface area contributed by atoms with E-state index in [2.05, 4.69) is 15.4 Å². The van der Waals surface area contributed by atoms with E-state index in [1.165, 1.54) is 12.1 Å². The van der Waals surface area contributed by atoms with Crippen LogP contribution in [0.4, 0.5) is 14.7 Å². The van der Waals surface area contributed by atoms with Gasteiger partial charge in [0.25, 0.3) is 0 Å². The van der Waals surface area contributed by atoms with Gasteiger partial charge in [-0.2, -0.15) is 10.1 Å². The van der Waals surface area contributed by atoms with Gasteiger partial charge in [-0.3, -0.25) is 4.79 Å². The summed E-state index contributed by atoms with van der Waals surface area (Å²) in [5.74, 6) is -1.08. The number of aryl methyl sites for hydroxylation is 1. The van der Waals surface area contributed by atoms with Crippen LogP contribution in [0, 0.1) is 24.5 Å². The van der Waals surface area contributed by atoms with E-state index in [0.29, 0.717) is 29.5 Å². The fourth-order valence-corrected chi connectivity index (χ4v) is 4.34. The van der Waals surface area contributed by atoms with E-state index >= 15 is 0 Å². The third kappa shape index (κ3) is 3.03. The summed E-state index contributed by atoms with van der Waals surface area (Å²) in [7, 11) is 0. The number of Topliss-reactive ketones (excluding diaryl/α,β-unsaturated/α-hetero) is 1. The molecule has 29 heavy (non-hydrogen) atoms. The van der Waals surface area contributed by atoms with Gasteiger partial charge in [0.1, 0.15) is 23.2 Å². The summed E-state index contributed by atoms with van der Waals surface area (Å²) in [6, 6.07) is 12.5. The number of hydrogen-bond donors (Lipinski definition) is 1. The summed E-state index contributed by atoms with van der Waals surface area (Å²) >= 11 is 0. The number of aromatic nitrogens is 3. The van der Waals surface area contributed by atoms with E-state index in [0.717, 1.165) is 11.6 Å². The lowest BCUT2D eigenvalue weighted by Crippen LogP contribution is -2.40. The second kappa shape index (κ2) is 6.62. The summed E-state index contributed by atoms with van der Waals surface area (Å²) in [4.78, 5) is 17.6. The number of halogens is 2. The first-order valence-corrected chi connectivity index (χ1v) is 9.45. The zero-order valence-corrected chi connectivity index (χ0v) is 15.6. The summed E-state index contributed by atoms with van der Waals surface area (Å²) in [6.45, 7) is 1.74. The molecule has 0 fully saturated rings. The first-order chi connectivity index (χ1) is 14.0. The number of hydrogen-bond acceptors (Lipinski definition) is 4. The molecule has 1 aliphatic heterocycles. The Morgan fingerprint density at radius 1 is 1.07 bits per heavy atom. The highest BCUT2D eigenvalue weighted by Gasteiger charge is 2.43. The van der Waals surface area contributed by atoms with E-state index in [-0.39, 0.29) is 11.7 Å². The topological polar surface area (TPSA) is 59.8 Å². The first-order valence-electron chi connectivity index (χ1n) is 9.45. The predicted octanol–water partition coefficient (Wildman–Crippen LogP) is 4.14. The molecule has 0 unspecified atom stereocenters. The minimum Gasteiger partial charge on any atom is -0.328 e. The van der Waals surface area contributed by atoms with Gasteiger partial charge in [-0.1, -0.05) is 36.4 Å². The Balaban J connectivity index is 1.66. The number of ketones is 1. The van der Waals surface area contributed by atoms with E-state index in [1.807, 2.05) is 36.4 Å². The van der Waals surface area contributed by atoms with Crippen LogP contribution in [0.5, 0.6) is 0 Å². The van der Waals surface area contributed by atoms with Gasteiger partial charge in [-0.25, -0.2) is 13.5 Å². The molecule has 146 valence electrons. The number of rotatable bonds is 2. The maximum absolute atomic E-state index is 14.0. The lowest BCUT2D eigenvalue weighted by atomic mass is 9.75. The van der Waals surface area contributed by atoms with Crippen molar-refractivity contribution in [3.63, 3.8) is 0 Å². The molecule has 0 amide bonds. The van der Waals surface area contributed by atoms with Gasteiger partial charge >= 0.3 is 0 Å². The molecule has 2 aliphatic rings. The quantitative estimate of drug-likeness (QED) is 0.712. The van der Waals surface area contributed by atoms with Crippen molar-refractivity contribution in [1.82, 2.24) is 14.8 Å². The maximum atomic E-state index is 14.0.